The van der Waals surface area contributed by atoms with Crippen molar-refractivity contribution in [1.82, 2.24) is 0 Å². The number of hydrogen-bond acceptors (Lipinski definition) is 5. The van der Waals surface area contributed by atoms with Gasteiger partial charge in [-0.15, -0.1) is 11.3 Å². The third-order valence-corrected chi connectivity index (χ3v) is 10.9. The minimum Gasteiger partial charge on any atom is -0.543 e. The highest BCUT2D eigenvalue weighted by Gasteiger charge is 2.39. The van der Waals surface area contributed by atoms with Crippen LogP contribution in [0.3, 0.4) is 0 Å². The van der Waals surface area contributed by atoms with Crippen molar-refractivity contribution in [2.75, 3.05) is 13.2 Å². The average molecular weight is 407 g/mol. The molecule has 1 aliphatic rings. The maximum atomic E-state index is 11.2. The van der Waals surface area contributed by atoms with Crippen LogP contribution < -0.4 is 4.43 Å². The summed E-state index contributed by atoms with van der Waals surface area (Å²) in [6, 6.07) is 9.83. The van der Waals surface area contributed by atoms with Gasteiger partial charge in [0.2, 0.25) is 8.32 Å². The molecular weight excluding hydrogens is 376 g/mol. The summed E-state index contributed by atoms with van der Waals surface area (Å²) in [7, 11) is -2.00. The standard InChI is InChI=1S/C21H30O4SSi/c1-14-16(13-18(26-14)20-23-11-12-24-20)19(22)15-9-7-8-10-17(15)25-27(5,6)21(2,3)4/h7-10,13,19-20,22H,11-12H2,1-6H3. The number of ether oxygens (including phenoxy) is 2. The van der Waals surface area contributed by atoms with Crippen LogP contribution in [-0.2, 0) is 9.47 Å². The Morgan fingerprint density at radius 2 is 1.78 bits per heavy atom. The Morgan fingerprint density at radius 3 is 2.41 bits per heavy atom. The summed E-state index contributed by atoms with van der Waals surface area (Å²) in [5.74, 6) is 0.775. The quantitative estimate of drug-likeness (QED) is 0.660. The van der Waals surface area contributed by atoms with Gasteiger partial charge >= 0.3 is 0 Å². The van der Waals surface area contributed by atoms with Crippen LogP contribution >= 0.6 is 11.3 Å². The largest absolute Gasteiger partial charge is 0.543 e. The molecule has 0 spiro atoms. The van der Waals surface area contributed by atoms with E-state index in [4.69, 9.17) is 13.9 Å². The van der Waals surface area contributed by atoms with Crippen LogP contribution in [0, 0.1) is 6.92 Å². The van der Waals surface area contributed by atoms with Crippen LogP contribution in [-0.4, -0.2) is 26.6 Å². The molecule has 0 amide bonds. The Labute approximate surface area is 167 Å². The summed E-state index contributed by atoms with van der Waals surface area (Å²) in [5, 5.41) is 11.3. The van der Waals surface area contributed by atoms with E-state index in [0.29, 0.717) is 13.2 Å². The highest BCUT2D eigenvalue weighted by molar-refractivity contribution is 7.12. The molecule has 1 unspecified atom stereocenters. The van der Waals surface area contributed by atoms with Gasteiger partial charge in [0.25, 0.3) is 0 Å². The fourth-order valence-electron chi connectivity index (χ4n) is 2.83. The minimum absolute atomic E-state index is 0.0910. The van der Waals surface area contributed by atoms with Crippen molar-refractivity contribution >= 4 is 19.7 Å². The molecule has 1 fully saturated rings. The van der Waals surface area contributed by atoms with E-state index in [9.17, 15) is 5.11 Å². The van der Waals surface area contributed by atoms with Gasteiger partial charge in [-0.2, -0.15) is 0 Å². The van der Waals surface area contributed by atoms with Crippen molar-refractivity contribution in [3.05, 3.63) is 51.2 Å². The van der Waals surface area contributed by atoms with E-state index in [0.717, 1.165) is 26.6 Å². The van der Waals surface area contributed by atoms with E-state index >= 15 is 0 Å². The molecule has 0 saturated carbocycles. The number of aryl methyl sites for hydroxylation is 1. The van der Waals surface area contributed by atoms with Crippen molar-refractivity contribution in [2.45, 2.75) is 58.2 Å². The topological polar surface area (TPSA) is 47.9 Å². The fourth-order valence-corrected chi connectivity index (χ4v) is 4.93. The molecule has 2 aromatic rings. The number of aliphatic hydroxyl groups is 1. The molecule has 0 aliphatic carbocycles. The van der Waals surface area contributed by atoms with Crippen molar-refractivity contribution in [3.8, 4) is 5.75 Å². The number of benzene rings is 1. The van der Waals surface area contributed by atoms with Crippen molar-refractivity contribution in [3.63, 3.8) is 0 Å². The highest BCUT2D eigenvalue weighted by Crippen LogP contribution is 2.42. The molecule has 148 valence electrons. The van der Waals surface area contributed by atoms with Crippen LogP contribution in [0.2, 0.25) is 18.1 Å². The van der Waals surface area contributed by atoms with E-state index in [1.54, 1.807) is 11.3 Å². The van der Waals surface area contributed by atoms with Gasteiger partial charge < -0.3 is 19.0 Å². The lowest BCUT2D eigenvalue weighted by molar-refractivity contribution is -0.0414. The molecule has 2 heterocycles. The summed E-state index contributed by atoms with van der Waals surface area (Å²) in [5.41, 5.74) is 1.70. The van der Waals surface area contributed by atoms with E-state index in [-0.39, 0.29) is 11.3 Å². The van der Waals surface area contributed by atoms with E-state index in [1.165, 1.54) is 0 Å². The Bertz CT molecular complexity index is 788. The van der Waals surface area contributed by atoms with Gasteiger partial charge in [-0.25, -0.2) is 0 Å². The molecule has 3 rings (SSSR count). The third-order valence-electron chi connectivity index (χ3n) is 5.51. The first-order valence-electron chi connectivity index (χ1n) is 9.39. The summed E-state index contributed by atoms with van der Waals surface area (Å²) in [6.07, 6.45) is -1.05. The first-order chi connectivity index (χ1) is 12.6. The second-order valence-corrected chi connectivity index (χ2v) is 14.5. The van der Waals surface area contributed by atoms with Crippen LogP contribution in [0.1, 0.15) is 54.0 Å². The van der Waals surface area contributed by atoms with Gasteiger partial charge in [0.15, 0.2) is 6.29 Å². The first-order valence-corrected chi connectivity index (χ1v) is 13.1. The van der Waals surface area contributed by atoms with Crippen molar-refractivity contribution in [2.24, 2.45) is 0 Å². The zero-order valence-corrected chi connectivity index (χ0v) is 18.9. The summed E-state index contributed by atoms with van der Waals surface area (Å²) >= 11 is 1.62. The van der Waals surface area contributed by atoms with Gasteiger partial charge in [-0.1, -0.05) is 39.0 Å². The maximum absolute atomic E-state index is 11.2. The fraction of sp³-hybridized carbons (Fsp3) is 0.524. The molecule has 1 saturated heterocycles. The second-order valence-electron chi connectivity index (χ2n) is 8.54. The Kier molecular flexibility index (Phi) is 5.84. The predicted molar refractivity (Wildman–Crippen MR) is 112 cm³/mol. The third kappa shape index (κ3) is 4.30. The van der Waals surface area contributed by atoms with Crippen LogP contribution in [0.15, 0.2) is 30.3 Å². The van der Waals surface area contributed by atoms with E-state index in [2.05, 4.69) is 33.9 Å². The zero-order chi connectivity index (χ0) is 19.8. The molecule has 1 aliphatic heterocycles. The molecule has 0 radical (unpaired) electrons. The average Bonchev–Trinajstić information content (AvgIpc) is 3.22. The smallest absolute Gasteiger partial charge is 0.250 e. The number of aliphatic hydroxyl groups excluding tert-OH is 1. The molecule has 0 bridgehead atoms. The van der Waals surface area contributed by atoms with E-state index in [1.807, 2.05) is 37.3 Å². The number of rotatable bonds is 5. The zero-order valence-electron chi connectivity index (χ0n) is 17.0. The molecule has 1 N–H and O–H groups in total. The van der Waals surface area contributed by atoms with Crippen LogP contribution in [0.25, 0.3) is 0 Å². The predicted octanol–water partition coefficient (Wildman–Crippen LogP) is 5.57. The Morgan fingerprint density at radius 1 is 1.15 bits per heavy atom. The lowest BCUT2D eigenvalue weighted by Crippen LogP contribution is -2.44. The molecule has 4 nitrogen and oxygen atoms in total. The van der Waals surface area contributed by atoms with Gasteiger partial charge in [0, 0.05) is 10.4 Å². The van der Waals surface area contributed by atoms with Crippen LogP contribution in [0.5, 0.6) is 5.75 Å². The molecule has 1 atom stereocenters. The number of hydrogen-bond donors (Lipinski definition) is 1. The van der Waals surface area contributed by atoms with Crippen molar-refractivity contribution < 1.29 is 19.0 Å². The van der Waals surface area contributed by atoms with Gasteiger partial charge in [0.05, 0.1) is 18.1 Å². The van der Waals surface area contributed by atoms with Crippen molar-refractivity contribution in [1.29, 1.82) is 0 Å². The highest BCUT2D eigenvalue weighted by atomic mass is 32.1. The monoisotopic (exact) mass is 406 g/mol. The maximum Gasteiger partial charge on any atom is 0.250 e. The molecule has 1 aromatic heterocycles. The lowest BCUT2D eigenvalue weighted by atomic mass is 10.0. The first kappa shape index (κ1) is 20.5. The molecular formula is C21H30O4SSi. The molecule has 1 aromatic carbocycles. The molecule has 6 heteroatoms. The second kappa shape index (κ2) is 7.68. The van der Waals surface area contributed by atoms with Gasteiger partial charge in [-0.3, -0.25) is 0 Å². The lowest BCUT2D eigenvalue weighted by Gasteiger charge is -2.37. The van der Waals surface area contributed by atoms with E-state index < -0.39 is 14.4 Å². The van der Waals surface area contributed by atoms with Gasteiger partial charge in [-0.05, 0) is 42.8 Å². The van der Waals surface area contributed by atoms with Crippen LogP contribution in [0.4, 0.5) is 0 Å². The van der Waals surface area contributed by atoms with Gasteiger partial charge in [0.1, 0.15) is 11.9 Å². The molecule has 27 heavy (non-hydrogen) atoms. The summed E-state index contributed by atoms with van der Waals surface area (Å²) in [6.45, 7) is 14.3. The SMILES string of the molecule is Cc1sc(C2OCCO2)cc1C(O)c1ccccc1O[Si](C)(C)C(C)(C)C. The Balaban J connectivity index is 1.91. The number of para-hydroxylation sites is 1. The minimum atomic E-state index is -2.00. The normalized spacial score (nSPS) is 17.3. The summed E-state index contributed by atoms with van der Waals surface area (Å²) < 4.78 is 17.7. The number of thiophene rings is 1. The summed E-state index contributed by atoms with van der Waals surface area (Å²) in [4.78, 5) is 2.07. The Hall–Kier alpha value is -1.18.